The molecule has 0 aromatic carbocycles. The number of hydrogen-bond acceptors (Lipinski definition) is 2. The van der Waals surface area contributed by atoms with Crippen molar-refractivity contribution in [3.8, 4) is 0 Å². The SMILES string of the molecule is CC(C)(N)C(C)(C)CCCCCCCN. The second-order valence-electron chi connectivity index (χ2n) is 5.91. The summed E-state index contributed by atoms with van der Waals surface area (Å²) in [7, 11) is 0. The summed E-state index contributed by atoms with van der Waals surface area (Å²) in [5.41, 5.74) is 11.8. The van der Waals surface area contributed by atoms with E-state index in [9.17, 15) is 0 Å². The minimum Gasteiger partial charge on any atom is -0.330 e. The van der Waals surface area contributed by atoms with Gasteiger partial charge in [0.15, 0.2) is 0 Å². The predicted molar refractivity (Wildman–Crippen MR) is 68.8 cm³/mol. The molecule has 0 saturated heterocycles. The summed E-state index contributed by atoms with van der Waals surface area (Å²) in [5, 5.41) is 0. The number of hydrogen-bond donors (Lipinski definition) is 2. The largest absolute Gasteiger partial charge is 0.330 e. The highest BCUT2D eigenvalue weighted by molar-refractivity contribution is 4.89. The summed E-state index contributed by atoms with van der Waals surface area (Å²) >= 11 is 0. The zero-order valence-electron chi connectivity index (χ0n) is 11.1. The molecular weight excluding hydrogens is 184 g/mol. The molecule has 2 nitrogen and oxygen atoms in total. The second-order valence-corrected chi connectivity index (χ2v) is 5.91. The van der Waals surface area contributed by atoms with Crippen LogP contribution in [-0.2, 0) is 0 Å². The highest BCUT2D eigenvalue weighted by atomic mass is 14.7. The van der Waals surface area contributed by atoms with Crippen LogP contribution in [0.5, 0.6) is 0 Å². The monoisotopic (exact) mass is 214 g/mol. The summed E-state index contributed by atoms with van der Waals surface area (Å²) in [6.07, 6.45) is 7.60. The Morgan fingerprint density at radius 3 is 1.73 bits per heavy atom. The normalized spacial score (nSPS) is 13.2. The molecular formula is C13H30N2. The first-order chi connectivity index (χ1) is 6.81. The molecule has 92 valence electrons. The Morgan fingerprint density at radius 2 is 1.27 bits per heavy atom. The Hall–Kier alpha value is -0.0800. The van der Waals surface area contributed by atoms with Crippen LogP contribution in [0.4, 0.5) is 0 Å². The first-order valence-corrected chi connectivity index (χ1v) is 6.30. The van der Waals surface area contributed by atoms with Gasteiger partial charge < -0.3 is 11.5 Å². The summed E-state index contributed by atoms with van der Waals surface area (Å²) in [4.78, 5) is 0. The summed E-state index contributed by atoms with van der Waals surface area (Å²) in [6.45, 7) is 9.63. The van der Waals surface area contributed by atoms with E-state index in [4.69, 9.17) is 11.5 Å². The molecule has 0 aliphatic heterocycles. The van der Waals surface area contributed by atoms with Crippen LogP contribution in [0.1, 0.15) is 66.2 Å². The lowest BCUT2D eigenvalue weighted by molar-refractivity contribution is 0.180. The molecule has 0 heterocycles. The zero-order valence-corrected chi connectivity index (χ0v) is 11.1. The highest BCUT2D eigenvalue weighted by Crippen LogP contribution is 2.33. The molecule has 0 aromatic rings. The van der Waals surface area contributed by atoms with Crippen molar-refractivity contribution in [2.45, 2.75) is 71.8 Å². The first kappa shape index (κ1) is 14.9. The Labute approximate surface area is 95.8 Å². The van der Waals surface area contributed by atoms with Crippen LogP contribution in [0.25, 0.3) is 0 Å². The molecule has 4 N–H and O–H groups in total. The van der Waals surface area contributed by atoms with Crippen molar-refractivity contribution in [1.29, 1.82) is 0 Å². The van der Waals surface area contributed by atoms with E-state index in [1.165, 1.54) is 38.5 Å². The molecule has 0 aliphatic carbocycles. The van der Waals surface area contributed by atoms with E-state index in [2.05, 4.69) is 27.7 Å². The van der Waals surface area contributed by atoms with Gasteiger partial charge in [-0.25, -0.2) is 0 Å². The Morgan fingerprint density at radius 1 is 0.800 bits per heavy atom. The first-order valence-electron chi connectivity index (χ1n) is 6.30. The maximum Gasteiger partial charge on any atom is 0.0148 e. The molecule has 0 spiro atoms. The minimum atomic E-state index is -0.0791. The fourth-order valence-corrected chi connectivity index (χ4v) is 1.56. The van der Waals surface area contributed by atoms with Gasteiger partial charge in [-0.1, -0.05) is 39.5 Å². The molecule has 0 saturated carbocycles. The fraction of sp³-hybridized carbons (Fsp3) is 1.00. The van der Waals surface area contributed by atoms with E-state index in [1.807, 2.05) is 0 Å². The molecule has 0 fully saturated rings. The van der Waals surface area contributed by atoms with E-state index in [0.29, 0.717) is 0 Å². The van der Waals surface area contributed by atoms with Crippen molar-refractivity contribution in [1.82, 2.24) is 0 Å². The average molecular weight is 214 g/mol. The summed E-state index contributed by atoms with van der Waals surface area (Å²) in [6, 6.07) is 0. The van der Waals surface area contributed by atoms with Gasteiger partial charge in [-0.05, 0) is 38.6 Å². The molecule has 0 unspecified atom stereocenters. The third kappa shape index (κ3) is 6.16. The van der Waals surface area contributed by atoms with Gasteiger partial charge in [-0.15, -0.1) is 0 Å². The van der Waals surface area contributed by atoms with Gasteiger partial charge in [0.1, 0.15) is 0 Å². The standard InChI is InChI=1S/C13H30N2/c1-12(2,13(3,4)15)10-8-6-5-7-9-11-14/h5-11,14-15H2,1-4H3. The van der Waals surface area contributed by atoms with Crippen LogP contribution >= 0.6 is 0 Å². The summed E-state index contributed by atoms with van der Waals surface area (Å²) in [5.74, 6) is 0. The van der Waals surface area contributed by atoms with Crippen molar-refractivity contribution in [2.24, 2.45) is 16.9 Å². The lowest BCUT2D eigenvalue weighted by atomic mass is 9.72. The number of unbranched alkanes of at least 4 members (excludes halogenated alkanes) is 4. The average Bonchev–Trinajstić information content (AvgIpc) is 2.09. The molecule has 15 heavy (non-hydrogen) atoms. The van der Waals surface area contributed by atoms with Gasteiger partial charge >= 0.3 is 0 Å². The maximum absolute atomic E-state index is 6.16. The molecule has 0 rings (SSSR count). The van der Waals surface area contributed by atoms with Crippen LogP contribution in [0.3, 0.4) is 0 Å². The van der Waals surface area contributed by atoms with E-state index < -0.39 is 0 Å². The van der Waals surface area contributed by atoms with Crippen LogP contribution in [0.2, 0.25) is 0 Å². The van der Waals surface area contributed by atoms with Crippen LogP contribution in [0, 0.1) is 5.41 Å². The Balaban J connectivity index is 3.58. The van der Waals surface area contributed by atoms with Gasteiger partial charge in [0.25, 0.3) is 0 Å². The minimum absolute atomic E-state index is 0.0791. The third-order valence-electron chi connectivity index (χ3n) is 3.75. The molecule has 0 radical (unpaired) electrons. The van der Waals surface area contributed by atoms with E-state index >= 15 is 0 Å². The van der Waals surface area contributed by atoms with Gasteiger partial charge in [-0.3, -0.25) is 0 Å². The fourth-order valence-electron chi connectivity index (χ4n) is 1.56. The van der Waals surface area contributed by atoms with Crippen molar-refractivity contribution < 1.29 is 0 Å². The Bertz CT molecular complexity index is 156. The van der Waals surface area contributed by atoms with Gasteiger partial charge in [0.05, 0.1) is 0 Å². The van der Waals surface area contributed by atoms with Crippen molar-refractivity contribution in [3.63, 3.8) is 0 Å². The van der Waals surface area contributed by atoms with E-state index in [0.717, 1.165) is 6.54 Å². The molecule has 0 aromatic heterocycles. The lowest BCUT2D eigenvalue weighted by Crippen LogP contribution is -2.47. The number of rotatable bonds is 8. The molecule has 0 aliphatic rings. The molecule has 0 amide bonds. The zero-order chi connectivity index (χ0) is 11.9. The van der Waals surface area contributed by atoms with Gasteiger partial charge in [0, 0.05) is 5.54 Å². The number of nitrogens with two attached hydrogens (primary N) is 2. The van der Waals surface area contributed by atoms with Crippen molar-refractivity contribution in [2.75, 3.05) is 6.54 Å². The quantitative estimate of drug-likeness (QED) is 0.610. The second kappa shape index (κ2) is 6.49. The van der Waals surface area contributed by atoms with Gasteiger partial charge in [-0.2, -0.15) is 0 Å². The Kier molecular flexibility index (Phi) is 6.46. The van der Waals surface area contributed by atoms with Crippen LogP contribution in [-0.4, -0.2) is 12.1 Å². The highest BCUT2D eigenvalue weighted by Gasteiger charge is 2.32. The molecule has 2 heteroatoms. The van der Waals surface area contributed by atoms with E-state index in [-0.39, 0.29) is 11.0 Å². The lowest BCUT2D eigenvalue weighted by Gasteiger charge is -2.38. The van der Waals surface area contributed by atoms with Crippen LogP contribution < -0.4 is 11.5 Å². The predicted octanol–water partition coefficient (Wildman–Crippen LogP) is 3.05. The van der Waals surface area contributed by atoms with E-state index in [1.54, 1.807) is 0 Å². The van der Waals surface area contributed by atoms with Crippen LogP contribution in [0.15, 0.2) is 0 Å². The van der Waals surface area contributed by atoms with Gasteiger partial charge in [0.2, 0.25) is 0 Å². The maximum atomic E-state index is 6.16. The molecule has 0 bridgehead atoms. The molecule has 0 atom stereocenters. The third-order valence-corrected chi connectivity index (χ3v) is 3.75. The van der Waals surface area contributed by atoms with Crippen molar-refractivity contribution in [3.05, 3.63) is 0 Å². The van der Waals surface area contributed by atoms with Crippen molar-refractivity contribution >= 4 is 0 Å². The summed E-state index contributed by atoms with van der Waals surface area (Å²) < 4.78 is 0. The topological polar surface area (TPSA) is 52.0 Å². The smallest absolute Gasteiger partial charge is 0.0148 e.